The van der Waals surface area contributed by atoms with Crippen LogP contribution in [0.3, 0.4) is 0 Å². The number of nitrogens with zero attached hydrogens (tertiary/aromatic N) is 3. The summed E-state index contributed by atoms with van der Waals surface area (Å²) in [7, 11) is 0. The first-order valence-electron chi connectivity index (χ1n) is 21.7. The first-order valence-corrected chi connectivity index (χ1v) is 23.0. The van der Waals surface area contributed by atoms with Gasteiger partial charge in [-0.05, 0) is 70.1 Å². The molecule has 3 aliphatic rings. The molecule has 3 heterocycles. The first-order chi connectivity index (χ1) is 27.9. The maximum absolute atomic E-state index is 13.9. The molecule has 10 nitrogen and oxygen atoms in total. The lowest BCUT2D eigenvalue weighted by Crippen LogP contribution is -2.65. The predicted octanol–water partition coefficient (Wildman–Crippen LogP) is 10.8. The molecule has 1 unspecified atom stereocenters. The van der Waals surface area contributed by atoms with Gasteiger partial charge in [0.2, 0.25) is 4.38 Å². The molecular weight excluding hydrogens is 771 g/mol. The van der Waals surface area contributed by atoms with Crippen LogP contribution in [-0.2, 0) is 9.47 Å². The number of thioether (sulfide) groups is 1. The van der Waals surface area contributed by atoms with Gasteiger partial charge in [-0.25, -0.2) is 4.79 Å². The number of likely N-dealkylation sites (tertiary alicyclic amines) is 1. The zero-order valence-electron chi connectivity index (χ0n) is 35.0. The third-order valence-electron chi connectivity index (χ3n) is 11.3. The summed E-state index contributed by atoms with van der Waals surface area (Å²) in [5, 5.41) is -0.621. The number of imide groups is 2. The standard InChI is InChI=1S/C46H63N3O7S2/c1-5-6-7-8-9-10-11-12-13-14-15-16-17-18-19-24-31-55-45(57)58-43-37(32-48(43)44(54)56-46(2,3)4)38(49-41(52)35-27-22-23-28-36(35)42(49)53)29-30-47-39(50)33-25-20-21-26-34(33)40(47)51/h20-23,25-28,37-38,43H,5-19,24,29-32H2,1-4H3/t37-,38?,43-/m1/s1. The number of benzene rings is 2. The Labute approximate surface area is 355 Å². The van der Waals surface area contributed by atoms with Crippen LogP contribution in [0.2, 0.25) is 0 Å². The minimum Gasteiger partial charge on any atom is -0.479 e. The molecule has 0 aliphatic carbocycles. The summed E-state index contributed by atoms with van der Waals surface area (Å²) in [4.78, 5) is 71.9. The summed E-state index contributed by atoms with van der Waals surface area (Å²) < 4.78 is 12.0. The van der Waals surface area contributed by atoms with Crippen molar-refractivity contribution in [3.8, 4) is 0 Å². The maximum Gasteiger partial charge on any atom is 0.411 e. The Morgan fingerprint density at radius 2 is 1.14 bits per heavy atom. The highest BCUT2D eigenvalue weighted by Gasteiger charge is 2.54. The second-order valence-corrected chi connectivity index (χ2v) is 18.6. The molecule has 5 amide bonds. The molecule has 0 aromatic heterocycles. The molecule has 58 heavy (non-hydrogen) atoms. The van der Waals surface area contributed by atoms with Gasteiger partial charge in [-0.1, -0.05) is 139 Å². The number of amides is 5. The molecule has 3 atom stereocenters. The average molecular weight is 834 g/mol. The van der Waals surface area contributed by atoms with E-state index in [1.54, 1.807) is 74.2 Å². The van der Waals surface area contributed by atoms with Crippen molar-refractivity contribution in [2.24, 2.45) is 5.92 Å². The minimum absolute atomic E-state index is 0.0229. The number of ether oxygens (including phenoxy) is 2. The highest BCUT2D eigenvalue weighted by atomic mass is 32.2. The van der Waals surface area contributed by atoms with Crippen molar-refractivity contribution < 1.29 is 33.4 Å². The summed E-state index contributed by atoms with van der Waals surface area (Å²) in [6.07, 6.45) is 20.0. The number of carbonyl (C=O) groups excluding carboxylic acids is 5. The number of rotatable bonds is 23. The Bertz CT molecular complexity index is 1690. The van der Waals surface area contributed by atoms with Gasteiger partial charge in [0.15, 0.2) is 0 Å². The van der Waals surface area contributed by atoms with Crippen LogP contribution in [0.5, 0.6) is 0 Å². The largest absolute Gasteiger partial charge is 0.479 e. The van der Waals surface area contributed by atoms with Crippen molar-refractivity contribution in [3.63, 3.8) is 0 Å². The Morgan fingerprint density at radius 3 is 1.59 bits per heavy atom. The van der Waals surface area contributed by atoms with Crippen molar-refractivity contribution in [1.29, 1.82) is 0 Å². The lowest BCUT2D eigenvalue weighted by Gasteiger charge is -2.51. The van der Waals surface area contributed by atoms with Gasteiger partial charge < -0.3 is 9.47 Å². The number of fused-ring (bicyclic) bond motifs is 2. The van der Waals surface area contributed by atoms with Crippen LogP contribution in [0.1, 0.15) is 178 Å². The van der Waals surface area contributed by atoms with Gasteiger partial charge in [0.1, 0.15) is 5.60 Å². The van der Waals surface area contributed by atoms with Crippen LogP contribution in [0, 0.1) is 5.92 Å². The number of hydrogen-bond donors (Lipinski definition) is 0. The van der Waals surface area contributed by atoms with E-state index < -0.39 is 52.7 Å². The van der Waals surface area contributed by atoms with E-state index in [1.165, 1.54) is 105 Å². The zero-order chi connectivity index (χ0) is 41.7. The second-order valence-electron chi connectivity index (χ2n) is 16.9. The Kier molecular flexibility index (Phi) is 17.2. The van der Waals surface area contributed by atoms with Crippen LogP contribution >= 0.6 is 24.0 Å². The van der Waals surface area contributed by atoms with E-state index in [2.05, 4.69) is 6.92 Å². The summed E-state index contributed by atoms with van der Waals surface area (Å²) in [5.41, 5.74) is 0.483. The molecule has 1 fully saturated rings. The predicted molar refractivity (Wildman–Crippen MR) is 233 cm³/mol. The molecule has 3 aliphatic heterocycles. The molecule has 0 spiro atoms. The average Bonchev–Trinajstić information content (AvgIpc) is 3.58. The highest BCUT2D eigenvalue weighted by molar-refractivity contribution is 8.23. The number of thiocarbonyl (C=S) groups is 1. The molecular formula is C46H63N3O7S2. The Balaban J connectivity index is 1.15. The fraction of sp³-hybridized carbons (Fsp3) is 0.609. The van der Waals surface area contributed by atoms with Crippen molar-refractivity contribution in [2.75, 3.05) is 19.7 Å². The van der Waals surface area contributed by atoms with Crippen molar-refractivity contribution in [1.82, 2.24) is 14.7 Å². The molecule has 1 saturated heterocycles. The van der Waals surface area contributed by atoms with Crippen molar-refractivity contribution >= 4 is 58.1 Å². The summed E-state index contributed by atoms with van der Waals surface area (Å²) >= 11 is 6.91. The van der Waals surface area contributed by atoms with E-state index in [0.29, 0.717) is 28.9 Å². The number of unbranched alkanes of at least 4 members (excludes halogenated alkanes) is 15. The monoisotopic (exact) mass is 833 g/mol. The molecule has 5 rings (SSSR count). The van der Waals surface area contributed by atoms with Gasteiger partial charge in [0.25, 0.3) is 23.6 Å². The van der Waals surface area contributed by atoms with E-state index >= 15 is 0 Å². The van der Waals surface area contributed by atoms with E-state index in [9.17, 15) is 24.0 Å². The fourth-order valence-corrected chi connectivity index (χ4v) is 9.63. The molecule has 0 N–H and O–H groups in total. The highest BCUT2D eigenvalue weighted by Crippen LogP contribution is 2.43. The lowest BCUT2D eigenvalue weighted by atomic mass is 9.87. The third-order valence-corrected chi connectivity index (χ3v) is 12.9. The van der Waals surface area contributed by atoms with Crippen LogP contribution in [0.25, 0.3) is 0 Å². The summed E-state index contributed by atoms with van der Waals surface area (Å²) in [6, 6.07) is 12.6. The Hall–Kier alpha value is -3.77. The van der Waals surface area contributed by atoms with Crippen LogP contribution in [0.15, 0.2) is 48.5 Å². The van der Waals surface area contributed by atoms with Crippen LogP contribution in [-0.4, -0.2) is 85.5 Å². The van der Waals surface area contributed by atoms with Crippen LogP contribution in [0.4, 0.5) is 4.79 Å². The van der Waals surface area contributed by atoms with Crippen molar-refractivity contribution in [2.45, 2.75) is 154 Å². The molecule has 2 aromatic rings. The number of carbonyl (C=O) groups is 5. The molecule has 12 heteroatoms. The summed E-state index contributed by atoms with van der Waals surface area (Å²) in [6.45, 7) is 8.24. The SMILES string of the molecule is CCCCCCCCCCCCCCCCCCOC(=S)S[C@@H]1[C@@H](C(CCN2C(=O)c3ccccc3C2=O)N2C(=O)c3ccccc3C2=O)CN1C(=O)OC(C)(C)C. The summed E-state index contributed by atoms with van der Waals surface area (Å²) in [5.74, 6) is -2.18. The Morgan fingerprint density at radius 1 is 0.707 bits per heavy atom. The van der Waals surface area contributed by atoms with Gasteiger partial charge in [0.05, 0.1) is 34.2 Å². The van der Waals surface area contributed by atoms with E-state index in [0.717, 1.165) is 19.3 Å². The molecule has 0 bridgehead atoms. The van der Waals surface area contributed by atoms with Crippen LogP contribution < -0.4 is 0 Å². The third kappa shape index (κ3) is 11.9. The van der Waals surface area contributed by atoms with Gasteiger partial charge in [-0.15, -0.1) is 0 Å². The quantitative estimate of drug-likeness (QED) is 0.0613. The smallest absolute Gasteiger partial charge is 0.411 e. The second kappa shape index (κ2) is 22.0. The van der Waals surface area contributed by atoms with E-state index in [1.807, 2.05) is 0 Å². The topological polar surface area (TPSA) is 114 Å². The number of hydrogen-bond acceptors (Lipinski definition) is 9. The molecule has 0 saturated carbocycles. The normalized spacial score (nSPS) is 18.0. The molecule has 316 valence electrons. The fourth-order valence-electron chi connectivity index (χ4n) is 8.16. The lowest BCUT2D eigenvalue weighted by molar-refractivity contribution is -0.0250. The van der Waals surface area contributed by atoms with Gasteiger partial charge >= 0.3 is 6.09 Å². The van der Waals surface area contributed by atoms with Gasteiger partial charge in [-0.2, -0.15) is 0 Å². The van der Waals surface area contributed by atoms with Gasteiger partial charge in [-0.3, -0.25) is 33.9 Å². The van der Waals surface area contributed by atoms with E-state index in [4.69, 9.17) is 21.7 Å². The zero-order valence-corrected chi connectivity index (χ0v) is 36.6. The first kappa shape index (κ1) is 45.3. The van der Waals surface area contributed by atoms with Crippen molar-refractivity contribution in [3.05, 3.63) is 70.8 Å². The maximum atomic E-state index is 13.9. The molecule has 2 aromatic carbocycles. The van der Waals surface area contributed by atoms with E-state index in [-0.39, 0.29) is 23.9 Å². The van der Waals surface area contributed by atoms with Gasteiger partial charge in [0, 0.05) is 25.0 Å². The minimum atomic E-state index is -0.768. The molecule has 0 radical (unpaired) electrons.